The van der Waals surface area contributed by atoms with Crippen LogP contribution in [0.3, 0.4) is 0 Å². The number of aliphatic hydroxyl groups is 2. The summed E-state index contributed by atoms with van der Waals surface area (Å²) in [4.78, 5) is 2.34. The van der Waals surface area contributed by atoms with Gasteiger partial charge in [-0.1, -0.05) is 11.8 Å². The van der Waals surface area contributed by atoms with Crippen LogP contribution in [0.25, 0.3) is 0 Å². The Morgan fingerprint density at radius 1 is 1.38 bits per heavy atom. The van der Waals surface area contributed by atoms with E-state index in [1.165, 1.54) is 0 Å². The third-order valence-corrected chi connectivity index (χ3v) is 3.79. The molecule has 114 valence electrons. The molecule has 1 aromatic carbocycles. The topological polar surface area (TPSA) is 52.9 Å². The van der Waals surface area contributed by atoms with Gasteiger partial charge in [-0.3, -0.25) is 4.90 Å². The van der Waals surface area contributed by atoms with Gasteiger partial charge in [0.05, 0.1) is 13.7 Å². The summed E-state index contributed by atoms with van der Waals surface area (Å²) in [7, 11) is 1.66. The second-order valence-corrected chi connectivity index (χ2v) is 5.37. The Morgan fingerprint density at radius 2 is 2.24 bits per heavy atom. The lowest BCUT2D eigenvalue weighted by molar-refractivity contribution is 0.220. The molecule has 1 unspecified atom stereocenters. The summed E-state index contributed by atoms with van der Waals surface area (Å²) in [6, 6.07) is 5.90. The summed E-state index contributed by atoms with van der Waals surface area (Å²) in [5, 5.41) is 18.1. The zero-order valence-corrected chi connectivity index (χ0v) is 12.5. The van der Waals surface area contributed by atoms with Crippen molar-refractivity contribution in [1.29, 1.82) is 0 Å². The maximum Gasteiger partial charge on any atom is 0.119 e. The normalized spacial score (nSPS) is 18.3. The average Bonchev–Trinajstić information content (AvgIpc) is 2.96. The van der Waals surface area contributed by atoms with Crippen molar-refractivity contribution < 1.29 is 14.9 Å². The smallest absolute Gasteiger partial charge is 0.119 e. The highest BCUT2D eigenvalue weighted by Crippen LogP contribution is 2.22. The maximum absolute atomic E-state index is 9.24. The molecule has 1 atom stereocenters. The van der Waals surface area contributed by atoms with Crippen LogP contribution in [0.15, 0.2) is 18.2 Å². The highest BCUT2D eigenvalue weighted by molar-refractivity contribution is 5.45. The van der Waals surface area contributed by atoms with Crippen molar-refractivity contribution in [3.8, 4) is 17.6 Å². The number of benzene rings is 1. The monoisotopic (exact) mass is 289 g/mol. The molecule has 0 saturated carbocycles. The minimum atomic E-state index is 0.0861. The lowest BCUT2D eigenvalue weighted by Gasteiger charge is -2.17. The zero-order chi connectivity index (χ0) is 15.1. The number of hydrogen-bond donors (Lipinski definition) is 2. The Labute approximate surface area is 126 Å². The Balaban J connectivity index is 2.13. The van der Waals surface area contributed by atoms with E-state index in [4.69, 9.17) is 9.84 Å². The van der Waals surface area contributed by atoms with E-state index >= 15 is 0 Å². The van der Waals surface area contributed by atoms with Gasteiger partial charge in [-0.25, -0.2) is 0 Å². The predicted molar refractivity (Wildman–Crippen MR) is 82.0 cm³/mol. The van der Waals surface area contributed by atoms with E-state index in [0.29, 0.717) is 12.3 Å². The van der Waals surface area contributed by atoms with Crippen LogP contribution >= 0.6 is 0 Å². The molecule has 0 aliphatic carbocycles. The Hall–Kier alpha value is -1.54. The van der Waals surface area contributed by atoms with Gasteiger partial charge in [0.2, 0.25) is 0 Å². The summed E-state index contributed by atoms with van der Waals surface area (Å²) in [6.07, 6.45) is 1.54. The van der Waals surface area contributed by atoms with E-state index in [2.05, 4.69) is 16.7 Å². The third kappa shape index (κ3) is 4.47. The first-order valence-corrected chi connectivity index (χ1v) is 7.36. The van der Waals surface area contributed by atoms with Crippen molar-refractivity contribution >= 4 is 0 Å². The van der Waals surface area contributed by atoms with E-state index in [1.54, 1.807) is 7.11 Å². The van der Waals surface area contributed by atoms with Crippen molar-refractivity contribution in [3.63, 3.8) is 0 Å². The van der Waals surface area contributed by atoms with Crippen LogP contribution in [0.5, 0.6) is 5.75 Å². The number of rotatable bonds is 5. The van der Waals surface area contributed by atoms with Gasteiger partial charge in [-0.05, 0) is 42.6 Å². The molecule has 21 heavy (non-hydrogen) atoms. The number of aliphatic hydroxyl groups excluding tert-OH is 2. The molecular weight excluding hydrogens is 266 g/mol. The van der Waals surface area contributed by atoms with Crippen LogP contribution < -0.4 is 4.74 Å². The molecule has 2 N–H and O–H groups in total. The van der Waals surface area contributed by atoms with Gasteiger partial charge < -0.3 is 14.9 Å². The third-order valence-electron chi connectivity index (χ3n) is 3.79. The summed E-state index contributed by atoms with van der Waals surface area (Å²) in [5.41, 5.74) is 2.12. The second kappa shape index (κ2) is 8.04. The van der Waals surface area contributed by atoms with E-state index in [1.807, 2.05) is 18.2 Å². The minimum absolute atomic E-state index is 0.0861. The van der Waals surface area contributed by atoms with E-state index in [0.717, 1.165) is 42.9 Å². The predicted octanol–water partition coefficient (Wildman–Crippen LogP) is 1.24. The van der Waals surface area contributed by atoms with Crippen LogP contribution in [0.1, 0.15) is 24.0 Å². The van der Waals surface area contributed by atoms with E-state index in [-0.39, 0.29) is 13.2 Å². The SMILES string of the molecule is COc1ccc(C#CCCO)c(CN2CCC(CO)C2)c1. The highest BCUT2D eigenvalue weighted by Gasteiger charge is 2.22. The van der Waals surface area contributed by atoms with Crippen LogP contribution in [-0.2, 0) is 6.54 Å². The molecule has 4 heteroatoms. The van der Waals surface area contributed by atoms with Crippen molar-refractivity contribution in [1.82, 2.24) is 4.90 Å². The standard InChI is InChI=1S/C17H23NO3/c1-21-17-6-5-15(4-2-3-9-19)16(10-17)12-18-8-7-14(11-18)13-20/h5-6,10,14,19-20H,3,7-9,11-13H2,1H3. The van der Waals surface area contributed by atoms with Crippen LogP contribution in [0, 0.1) is 17.8 Å². The zero-order valence-electron chi connectivity index (χ0n) is 12.5. The molecule has 0 amide bonds. The summed E-state index contributed by atoms with van der Waals surface area (Å²) in [5.74, 6) is 7.32. The van der Waals surface area contributed by atoms with Crippen molar-refractivity contribution in [2.45, 2.75) is 19.4 Å². The summed E-state index contributed by atoms with van der Waals surface area (Å²) in [6.45, 7) is 3.10. The highest BCUT2D eigenvalue weighted by atomic mass is 16.5. The van der Waals surface area contributed by atoms with Gasteiger partial charge in [-0.2, -0.15) is 0 Å². The number of hydrogen-bond acceptors (Lipinski definition) is 4. The van der Waals surface area contributed by atoms with E-state index < -0.39 is 0 Å². The number of nitrogens with zero attached hydrogens (tertiary/aromatic N) is 1. The summed E-state index contributed by atoms with van der Waals surface area (Å²) < 4.78 is 5.30. The quantitative estimate of drug-likeness (QED) is 0.801. The molecule has 1 saturated heterocycles. The molecule has 0 spiro atoms. The molecule has 0 aromatic heterocycles. The Morgan fingerprint density at radius 3 is 2.90 bits per heavy atom. The molecule has 0 radical (unpaired) electrons. The average molecular weight is 289 g/mol. The fourth-order valence-corrected chi connectivity index (χ4v) is 2.61. The van der Waals surface area contributed by atoms with Crippen molar-refractivity contribution in [2.75, 3.05) is 33.4 Å². The van der Waals surface area contributed by atoms with Gasteiger partial charge in [0.1, 0.15) is 5.75 Å². The first-order chi connectivity index (χ1) is 10.3. The molecule has 0 bridgehead atoms. The Kier molecular flexibility index (Phi) is 6.06. The molecular formula is C17H23NO3. The summed E-state index contributed by atoms with van der Waals surface area (Å²) >= 11 is 0. The largest absolute Gasteiger partial charge is 0.497 e. The minimum Gasteiger partial charge on any atom is -0.497 e. The fourth-order valence-electron chi connectivity index (χ4n) is 2.61. The molecule has 1 fully saturated rings. The second-order valence-electron chi connectivity index (χ2n) is 5.37. The molecule has 1 aliphatic heterocycles. The van der Waals surface area contributed by atoms with E-state index in [9.17, 15) is 5.11 Å². The van der Waals surface area contributed by atoms with Gasteiger partial charge >= 0.3 is 0 Å². The van der Waals surface area contributed by atoms with Gasteiger partial charge in [0.25, 0.3) is 0 Å². The first-order valence-electron chi connectivity index (χ1n) is 7.36. The molecule has 1 heterocycles. The van der Waals surface area contributed by atoms with Crippen LogP contribution in [0.2, 0.25) is 0 Å². The van der Waals surface area contributed by atoms with Gasteiger partial charge in [0, 0.05) is 31.7 Å². The van der Waals surface area contributed by atoms with Gasteiger partial charge in [0.15, 0.2) is 0 Å². The fraction of sp³-hybridized carbons (Fsp3) is 0.529. The number of methoxy groups -OCH3 is 1. The molecule has 1 aromatic rings. The number of ether oxygens (including phenoxy) is 1. The van der Waals surface area contributed by atoms with Gasteiger partial charge in [-0.15, -0.1) is 0 Å². The first kappa shape index (κ1) is 15.8. The lowest BCUT2D eigenvalue weighted by atomic mass is 10.1. The maximum atomic E-state index is 9.24. The molecule has 1 aliphatic rings. The van der Waals surface area contributed by atoms with Crippen LogP contribution in [-0.4, -0.2) is 48.5 Å². The number of likely N-dealkylation sites (tertiary alicyclic amines) is 1. The van der Waals surface area contributed by atoms with Crippen molar-refractivity contribution in [2.24, 2.45) is 5.92 Å². The molecule has 4 nitrogen and oxygen atoms in total. The Bertz CT molecular complexity index is 519. The lowest BCUT2D eigenvalue weighted by Crippen LogP contribution is -2.21. The molecule has 2 rings (SSSR count). The van der Waals surface area contributed by atoms with Crippen molar-refractivity contribution in [3.05, 3.63) is 29.3 Å². The van der Waals surface area contributed by atoms with Crippen LogP contribution in [0.4, 0.5) is 0 Å².